The van der Waals surface area contributed by atoms with Crippen LogP contribution in [0.15, 0.2) is 54.7 Å². The number of para-hydroxylation sites is 2. The van der Waals surface area contributed by atoms with Gasteiger partial charge in [-0.3, -0.25) is 10.1 Å². The fourth-order valence-corrected chi connectivity index (χ4v) is 2.65. The molecule has 26 heavy (non-hydrogen) atoms. The zero-order valence-corrected chi connectivity index (χ0v) is 13.5. The van der Waals surface area contributed by atoms with Crippen molar-refractivity contribution in [2.75, 3.05) is 0 Å². The van der Waals surface area contributed by atoms with Crippen LogP contribution in [-0.2, 0) is 16.0 Å². The molecule has 8 heteroatoms. The third-order valence-corrected chi connectivity index (χ3v) is 3.93. The molecule has 0 saturated carbocycles. The zero-order valence-electron chi connectivity index (χ0n) is 13.5. The van der Waals surface area contributed by atoms with Crippen molar-refractivity contribution in [3.8, 4) is 0 Å². The lowest BCUT2D eigenvalue weighted by molar-refractivity contribution is -0.385. The molecular formula is C18H15N3O5. The molecule has 0 aliphatic heterocycles. The minimum Gasteiger partial charge on any atom is -0.388 e. The topological polar surface area (TPSA) is 128 Å². The molecule has 0 bridgehead atoms. The number of nitrogens with two attached hydrogens (primary N) is 1. The molecule has 0 aliphatic carbocycles. The molecule has 3 rings (SSSR count). The highest BCUT2D eigenvalue weighted by Crippen LogP contribution is 2.20. The molecule has 0 aliphatic rings. The Morgan fingerprint density at radius 3 is 2.62 bits per heavy atom. The lowest BCUT2D eigenvalue weighted by Crippen LogP contribution is -2.35. The van der Waals surface area contributed by atoms with Gasteiger partial charge in [-0.2, -0.15) is 0 Å². The molecule has 0 radical (unpaired) electrons. The van der Waals surface area contributed by atoms with Crippen LogP contribution >= 0.6 is 0 Å². The summed E-state index contributed by atoms with van der Waals surface area (Å²) in [7, 11) is 0. The average Bonchev–Trinajstić information content (AvgIpc) is 3.04. The van der Waals surface area contributed by atoms with E-state index < -0.39 is 28.6 Å². The molecule has 8 nitrogen and oxygen atoms in total. The Balaban J connectivity index is 1.71. The van der Waals surface area contributed by atoms with Gasteiger partial charge in [0.2, 0.25) is 0 Å². The highest BCUT2D eigenvalue weighted by molar-refractivity contribution is 6.01. The smallest absolute Gasteiger partial charge is 0.352 e. The van der Waals surface area contributed by atoms with E-state index in [-0.39, 0.29) is 12.0 Å². The van der Waals surface area contributed by atoms with E-state index in [1.54, 1.807) is 6.20 Å². The predicted molar refractivity (Wildman–Crippen MR) is 93.5 cm³/mol. The summed E-state index contributed by atoms with van der Waals surface area (Å²) in [5, 5.41) is 11.9. The molecule has 0 fully saturated rings. The van der Waals surface area contributed by atoms with Crippen molar-refractivity contribution in [2.45, 2.75) is 12.5 Å². The van der Waals surface area contributed by atoms with Crippen LogP contribution < -0.4 is 5.73 Å². The summed E-state index contributed by atoms with van der Waals surface area (Å²) in [6, 6.07) is 11.7. The summed E-state index contributed by atoms with van der Waals surface area (Å²) in [4.78, 5) is 37.5. The number of carbonyl (C=O) groups is 2. The standard InChI is InChI=1S/C18H15N3O5/c19-14(9-11-10-20-15-7-3-1-5-12(11)15)18(23)26-17(22)13-6-2-4-8-16(13)21(24)25/h1-8,10,14,20H,9,19H2/t14-/m0/s1. The number of ether oxygens (including phenoxy) is 1. The highest BCUT2D eigenvalue weighted by Gasteiger charge is 2.26. The average molecular weight is 353 g/mol. The van der Waals surface area contributed by atoms with Crippen LogP contribution in [0.4, 0.5) is 5.69 Å². The van der Waals surface area contributed by atoms with Gasteiger partial charge in [-0.1, -0.05) is 30.3 Å². The number of nitrogens with one attached hydrogen (secondary N) is 1. The summed E-state index contributed by atoms with van der Waals surface area (Å²) < 4.78 is 4.73. The highest BCUT2D eigenvalue weighted by atomic mass is 16.6. The Labute approximate surface area is 147 Å². The van der Waals surface area contributed by atoms with E-state index in [1.165, 1.54) is 18.2 Å². The minimum atomic E-state index is -1.10. The Morgan fingerprint density at radius 2 is 1.85 bits per heavy atom. The first-order chi connectivity index (χ1) is 12.5. The molecule has 3 N–H and O–H groups in total. The van der Waals surface area contributed by atoms with Gasteiger partial charge >= 0.3 is 11.9 Å². The Morgan fingerprint density at radius 1 is 1.15 bits per heavy atom. The molecule has 0 saturated heterocycles. The molecule has 1 heterocycles. The van der Waals surface area contributed by atoms with Crippen molar-refractivity contribution in [1.82, 2.24) is 4.98 Å². The van der Waals surface area contributed by atoms with E-state index in [9.17, 15) is 19.7 Å². The molecule has 0 unspecified atom stereocenters. The van der Waals surface area contributed by atoms with Crippen LogP contribution in [0.3, 0.4) is 0 Å². The number of hydrogen-bond acceptors (Lipinski definition) is 6. The summed E-state index contributed by atoms with van der Waals surface area (Å²) in [5.41, 5.74) is 6.82. The Bertz CT molecular complexity index is 995. The van der Waals surface area contributed by atoms with E-state index in [2.05, 4.69) is 4.98 Å². The Hall–Kier alpha value is -3.52. The van der Waals surface area contributed by atoms with Crippen molar-refractivity contribution in [3.05, 3.63) is 76.0 Å². The number of rotatable bonds is 5. The predicted octanol–water partition coefficient (Wildman–Crippen LogP) is 2.33. The van der Waals surface area contributed by atoms with Crippen molar-refractivity contribution in [3.63, 3.8) is 0 Å². The monoisotopic (exact) mass is 353 g/mol. The number of nitrogens with zero attached hydrogens (tertiary/aromatic N) is 1. The van der Waals surface area contributed by atoms with E-state index in [0.717, 1.165) is 22.5 Å². The first-order valence-electron chi connectivity index (χ1n) is 7.77. The van der Waals surface area contributed by atoms with Crippen LogP contribution in [0.1, 0.15) is 15.9 Å². The van der Waals surface area contributed by atoms with Gasteiger partial charge in [0.05, 0.1) is 4.92 Å². The van der Waals surface area contributed by atoms with Gasteiger partial charge in [-0.25, -0.2) is 9.59 Å². The number of aromatic nitrogens is 1. The van der Waals surface area contributed by atoms with Crippen LogP contribution in [0.2, 0.25) is 0 Å². The number of esters is 2. The van der Waals surface area contributed by atoms with E-state index in [1.807, 2.05) is 24.3 Å². The van der Waals surface area contributed by atoms with Gasteiger partial charge in [-0.05, 0) is 17.7 Å². The van der Waals surface area contributed by atoms with Crippen molar-refractivity contribution in [1.29, 1.82) is 0 Å². The van der Waals surface area contributed by atoms with E-state index in [4.69, 9.17) is 10.5 Å². The zero-order chi connectivity index (χ0) is 18.7. The summed E-state index contributed by atoms with van der Waals surface area (Å²) in [5.74, 6) is -2.05. The van der Waals surface area contributed by atoms with Gasteiger partial charge in [0.1, 0.15) is 11.6 Å². The number of fused-ring (bicyclic) bond motifs is 1. The first-order valence-corrected chi connectivity index (χ1v) is 7.77. The third kappa shape index (κ3) is 3.45. The van der Waals surface area contributed by atoms with Gasteiger partial charge in [-0.15, -0.1) is 0 Å². The lowest BCUT2D eigenvalue weighted by atomic mass is 10.1. The second-order valence-electron chi connectivity index (χ2n) is 5.65. The van der Waals surface area contributed by atoms with Crippen LogP contribution in [-0.4, -0.2) is 27.9 Å². The second-order valence-corrected chi connectivity index (χ2v) is 5.65. The summed E-state index contributed by atoms with van der Waals surface area (Å²) >= 11 is 0. The molecule has 132 valence electrons. The molecule has 3 aromatic rings. The fourth-order valence-electron chi connectivity index (χ4n) is 2.65. The van der Waals surface area contributed by atoms with Crippen molar-refractivity contribution in [2.24, 2.45) is 5.73 Å². The molecule has 1 aromatic heterocycles. The first kappa shape index (κ1) is 17.3. The molecular weight excluding hydrogens is 338 g/mol. The van der Waals surface area contributed by atoms with E-state index in [0.29, 0.717) is 0 Å². The van der Waals surface area contributed by atoms with Gasteiger partial charge in [0.25, 0.3) is 5.69 Å². The van der Waals surface area contributed by atoms with Crippen molar-refractivity contribution >= 4 is 28.5 Å². The van der Waals surface area contributed by atoms with Gasteiger partial charge in [0.15, 0.2) is 0 Å². The maximum Gasteiger partial charge on any atom is 0.352 e. The van der Waals surface area contributed by atoms with Gasteiger partial charge in [0, 0.05) is 29.6 Å². The molecule has 0 amide bonds. The number of H-pyrrole nitrogens is 1. The maximum atomic E-state index is 12.1. The molecule has 2 aromatic carbocycles. The summed E-state index contributed by atoms with van der Waals surface area (Å²) in [6.07, 6.45) is 1.90. The normalized spacial score (nSPS) is 11.9. The number of nitro benzene ring substituents is 1. The second kappa shape index (κ2) is 7.16. The number of carbonyl (C=O) groups excluding carboxylic acids is 2. The minimum absolute atomic E-state index is 0.160. The van der Waals surface area contributed by atoms with E-state index >= 15 is 0 Å². The number of benzene rings is 2. The SMILES string of the molecule is N[C@@H](Cc1c[nH]c2ccccc12)C(=O)OC(=O)c1ccccc1[N+](=O)[O-]. The molecule has 1 atom stereocenters. The van der Waals surface area contributed by atoms with Crippen LogP contribution in [0.5, 0.6) is 0 Å². The van der Waals surface area contributed by atoms with Crippen LogP contribution in [0.25, 0.3) is 10.9 Å². The quantitative estimate of drug-likeness (QED) is 0.313. The van der Waals surface area contributed by atoms with Crippen molar-refractivity contribution < 1.29 is 19.2 Å². The third-order valence-electron chi connectivity index (χ3n) is 3.93. The fraction of sp³-hybridized carbons (Fsp3) is 0.111. The number of nitro groups is 1. The van der Waals surface area contributed by atoms with Crippen LogP contribution in [0, 0.1) is 10.1 Å². The number of hydrogen-bond donors (Lipinski definition) is 2. The largest absolute Gasteiger partial charge is 0.388 e. The molecule has 0 spiro atoms. The summed E-state index contributed by atoms with van der Waals surface area (Å²) in [6.45, 7) is 0. The lowest BCUT2D eigenvalue weighted by Gasteiger charge is -2.10. The number of aromatic amines is 1. The van der Waals surface area contributed by atoms with Gasteiger partial charge < -0.3 is 15.5 Å². The Kier molecular flexibility index (Phi) is 4.76. The maximum absolute atomic E-state index is 12.1.